The molecule has 32 heavy (non-hydrogen) atoms. The second kappa shape index (κ2) is 9.97. The van der Waals surface area contributed by atoms with Crippen molar-refractivity contribution in [3.8, 4) is 0 Å². The van der Waals surface area contributed by atoms with Gasteiger partial charge >= 0.3 is 0 Å². The SMILES string of the molecule is CCN1CCc2ccc(Nc3ncc(Cl)c(Nc4ccccc4C(=O)NC)n3)cc2CC1. The molecule has 0 saturated carbocycles. The van der Waals surface area contributed by atoms with E-state index in [9.17, 15) is 4.79 Å². The molecule has 0 aliphatic carbocycles. The number of hydrogen-bond acceptors (Lipinski definition) is 6. The highest BCUT2D eigenvalue weighted by Crippen LogP contribution is 2.27. The number of likely N-dealkylation sites (N-methyl/N-ethyl adjacent to an activating group) is 1. The maximum absolute atomic E-state index is 12.2. The summed E-state index contributed by atoms with van der Waals surface area (Å²) in [6, 6.07) is 13.6. The summed E-state index contributed by atoms with van der Waals surface area (Å²) in [6.07, 6.45) is 3.65. The van der Waals surface area contributed by atoms with Crippen LogP contribution in [0.15, 0.2) is 48.7 Å². The van der Waals surface area contributed by atoms with Gasteiger partial charge in [0.05, 0.1) is 17.4 Å². The zero-order valence-electron chi connectivity index (χ0n) is 18.3. The first-order chi connectivity index (χ1) is 15.6. The lowest BCUT2D eigenvalue weighted by atomic mass is 10.0. The predicted molar refractivity (Wildman–Crippen MR) is 129 cm³/mol. The van der Waals surface area contributed by atoms with Crippen molar-refractivity contribution < 1.29 is 4.79 Å². The molecule has 3 aromatic rings. The van der Waals surface area contributed by atoms with E-state index in [0.717, 1.165) is 38.2 Å². The van der Waals surface area contributed by atoms with Gasteiger partial charge in [0, 0.05) is 25.8 Å². The standard InChI is InChI=1S/C24H27ClN6O/c1-3-31-12-10-16-8-9-18(14-17(16)11-13-31)28-24-27-15-20(25)22(30-24)29-21-7-5-4-6-19(21)23(32)26-2/h4-9,14-15H,3,10-13H2,1-2H3,(H,26,32)(H2,27,28,29,30). The van der Waals surface area contributed by atoms with E-state index in [0.29, 0.717) is 28.0 Å². The van der Waals surface area contributed by atoms with Crippen molar-refractivity contribution in [1.82, 2.24) is 20.2 Å². The summed E-state index contributed by atoms with van der Waals surface area (Å²) in [5, 5.41) is 9.46. The Morgan fingerprint density at radius 2 is 1.88 bits per heavy atom. The molecule has 2 aromatic carbocycles. The number of anilines is 4. The molecule has 166 valence electrons. The summed E-state index contributed by atoms with van der Waals surface area (Å²) in [6.45, 7) is 5.46. The topological polar surface area (TPSA) is 82.2 Å². The fourth-order valence-corrected chi connectivity index (χ4v) is 4.00. The van der Waals surface area contributed by atoms with E-state index >= 15 is 0 Å². The van der Waals surface area contributed by atoms with Crippen LogP contribution in [0.5, 0.6) is 0 Å². The lowest BCUT2D eigenvalue weighted by molar-refractivity contribution is 0.0964. The molecule has 0 saturated heterocycles. The first-order valence-electron chi connectivity index (χ1n) is 10.8. The maximum atomic E-state index is 12.2. The molecule has 2 heterocycles. The first-order valence-corrected chi connectivity index (χ1v) is 11.2. The Morgan fingerprint density at radius 1 is 1.09 bits per heavy atom. The number of halogens is 1. The fraction of sp³-hybridized carbons (Fsp3) is 0.292. The molecule has 8 heteroatoms. The third kappa shape index (κ3) is 5.00. The number of aromatic nitrogens is 2. The fourth-order valence-electron chi connectivity index (χ4n) is 3.86. The lowest BCUT2D eigenvalue weighted by Gasteiger charge is -2.16. The highest BCUT2D eigenvalue weighted by Gasteiger charge is 2.15. The van der Waals surface area contributed by atoms with Crippen LogP contribution in [0.3, 0.4) is 0 Å². The molecule has 0 radical (unpaired) electrons. The molecule has 1 aliphatic rings. The first kappa shape index (κ1) is 22.0. The summed E-state index contributed by atoms with van der Waals surface area (Å²) < 4.78 is 0. The van der Waals surface area contributed by atoms with Crippen LogP contribution >= 0.6 is 11.6 Å². The molecule has 1 aliphatic heterocycles. The van der Waals surface area contributed by atoms with Gasteiger partial charge in [-0.15, -0.1) is 0 Å². The van der Waals surface area contributed by atoms with Gasteiger partial charge in [0.1, 0.15) is 5.02 Å². The quantitative estimate of drug-likeness (QED) is 0.516. The van der Waals surface area contributed by atoms with E-state index in [1.165, 1.54) is 11.1 Å². The highest BCUT2D eigenvalue weighted by atomic mass is 35.5. The summed E-state index contributed by atoms with van der Waals surface area (Å²) in [7, 11) is 1.60. The molecule has 0 spiro atoms. The Hall–Kier alpha value is -3.16. The monoisotopic (exact) mass is 450 g/mol. The minimum atomic E-state index is -0.191. The second-order valence-electron chi connectivity index (χ2n) is 7.68. The number of para-hydroxylation sites is 1. The van der Waals surface area contributed by atoms with Gasteiger partial charge in [0.25, 0.3) is 5.91 Å². The Bertz CT molecular complexity index is 1120. The minimum Gasteiger partial charge on any atom is -0.355 e. The molecule has 0 fully saturated rings. The maximum Gasteiger partial charge on any atom is 0.253 e. The molecule has 1 aromatic heterocycles. The average Bonchev–Trinajstić information content (AvgIpc) is 3.03. The molecular weight excluding hydrogens is 424 g/mol. The molecule has 0 atom stereocenters. The Morgan fingerprint density at radius 3 is 2.66 bits per heavy atom. The van der Waals surface area contributed by atoms with E-state index in [-0.39, 0.29) is 5.91 Å². The molecule has 1 amide bonds. The number of nitrogens with zero attached hydrogens (tertiary/aromatic N) is 3. The molecule has 7 nitrogen and oxygen atoms in total. The molecule has 0 bridgehead atoms. The minimum absolute atomic E-state index is 0.191. The number of fused-ring (bicyclic) bond motifs is 1. The number of carbonyl (C=O) groups is 1. The number of rotatable bonds is 6. The van der Waals surface area contributed by atoms with E-state index < -0.39 is 0 Å². The van der Waals surface area contributed by atoms with Crippen LogP contribution in [0.4, 0.5) is 23.1 Å². The number of hydrogen-bond donors (Lipinski definition) is 3. The molecule has 3 N–H and O–H groups in total. The summed E-state index contributed by atoms with van der Waals surface area (Å²) in [5.41, 5.74) is 4.82. The predicted octanol–water partition coefficient (Wildman–Crippen LogP) is 4.40. The highest BCUT2D eigenvalue weighted by molar-refractivity contribution is 6.33. The van der Waals surface area contributed by atoms with Gasteiger partial charge in [-0.05, 0) is 54.8 Å². The van der Waals surface area contributed by atoms with Crippen molar-refractivity contribution in [3.05, 3.63) is 70.4 Å². The molecule has 4 rings (SSSR count). The zero-order valence-corrected chi connectivity index (χ0v) is 19.0. The smallest absolute Gasteiger partial charge is 0.253 e. The summed E-state index contributed by atoms with van der Waals surface area (Å²) >= 11 is 6.33. The van der Waals surface area contributed by atoms with Crippen LogP contribution in [0.2, 0.25) is 5.02 Å². The largest absolute Gasteiger partial charge is 0.355 e. The van der Waals surface area contributed by atoms with Crippen LogP contribution in [-0.2, 0) is 12.8 Å². The Labute approximate surface area is 193 Å². The van der Waals surface area contributed by atoms with Gasteiger partial charge in [-0.1, -0.05) is 36.7 Å². The van der Waals surface area contributed by atoms with Crippen molar-refractivity contribution >= 4 is 40.6 Å². The van der Waals surface area contributed by atoms with Crippen LogP contribution in [0.25, 0.3) is 0 Å². The Kier molecular flexibility index (Phi) is 6.87. The van der Waals surface area contributed by atoms with Gasteiger partial charge in [0.2, 0.25) is 5.95 Å². The number of nitrogens with one attached hydrogen (secondary N) is 3. The number of carbonyl (C=O) groups excluding carboxylic acids is 1. The van der Waals surface area contributed by atoms with Crippen molar-refractivity contribution in [2.24, 2.45) is 0 Å². The van der Waals surface area contributed by atoms with Crippen LogP contribution in [0, 0.1) is 0 Å². The number of amides is 1. The van der Waals surface area contributed by atoms with Crippen molar-refractivity contribution in [1.29, 1.82) is 0 Å². The Balaban J connectivity index is 1.55. The average molecular weight is 451 g/mol. The van der Waals surface area contributed by atoms with Crippen molar-refractivity contribution in [3.63, 3.8) is 0 Å². The van der Waals surface area contributed by atoms with Crippen LogP contribution in [-0.4, -0.2) is 47.5 Å². The third-order valence-electron chi connectivity index (χ3n) is 5.70. The van der Waals surface area contributed by atoms with Crippen molar-refractivity contribution in [2.45, 2.75) is 19.8 Å². The third-order valence-corrected chi connectivity index (χ3v) is 5.98. The van der Waals surface area contributed by atoms with Gasteiger partial charge in [-0.2, -0.15) is 4.98 Å². The number of benzene rings is 2. The van der Waals surface area contributed by atoms with Crippen LogP contribution in [0.1, 0.15) is 28.4 Å². The summed E-state index contributed by atoms with van der Waals surface area (Å²) in [5.74, 6) is 0.662. The van der Waals surface area contributed by atoms with E-state index in [1.807, 2.05) is 18.2 Å². The molecular formula is C24H27ClN6O. The molecule has 0 unspecified atom stereocenters. The zero-order chi connectivity index (χ0) is 22.5. The van der Waals surface area contributed by atoms with E-state index in [2.05, 4.69) is 55.9 Å². The van der Waals surface area contributed by atoms with Gasteiger partial charge in [-0.25, -0.2) is 4.98 Å². The van der Waals surface area contributed by atoms with Crippen molar-refractivity contribution in [2.75, 3.05) is 37.3 Å². The van der Waals surface area contributed by atoms with E-state index in [4.69, 9.17) is 11.6 Å². The van der Waals surface area contributed by atoms with E-state index in [1.54, 1.807) is 19.3 Å². The van der Waals surface area contributed by atoms with Gasteiger partial charge < -0.3 is 20.9 Å². The van der Waals surface area contributed by atoms with Gasteiger partial charge in [0.15, 0.2) is 5.82 Å². The lowest BCUT2D eigenvalue weighted by Crippen LogP contribution is -2.25. The summed E-state index contributed by atoms with van der Waals surface area (Å²) in [4.78, 5) is 23.5. The normalized spacial score (nSPS) is 13.7. The second-order valence-corrected chi connectivity index (χ2v) is 8.09. The van der Waals surface area contributed by atoms with Gasteiger partial charge in [-0.3, -0.25) is 4.79 Å². The van der Waals surface area contributed by atoms with Crippen LogP contribution < -0.4 is 16.0 Å².